The lowest BCUT2D eigenvalue weighted by molar-refractivity contribution is -0.138. The van der Waals surface area contributed by atoms with Crippen molar-refractivity contribution in [3.05, 3.63) is 24.3 Å². The fourth-order valence-electron chi connectivity index (χ4n) is 3.44. The summed E-state index contributed by atoms with van der Waals surface area (Å²) in [7, 11) is 0. The highest BCUT2D eigenvalue weighted by Crippen LogP contribution is 2.22. The second-order valence-corrected chi connectivity index (χ2v) is 6.79. The zero-order valence-electron chi connectivity index (χ0n) is 14.4. The topological polar surface area (TPSA) is 78.5 Å². The standard InChI is InChI=1S/C19H25N3O3/c23-17(12-13-22-18(24)10-11-19(22)25)21-16-8-6-15(7-9-16)20-14-4-2-1-3-5-14/h6-9,14,20H,1-5,10-13H2,(H,21,23). The van der Waals surface area contributed by atoms with Crippen molar-refractivity contribution in [1.29, 1.82) is 0 Å². The van der Waals surface area contributed by atoms with Gasteiger partial charge in [-0.05, 0) is 37.1 Å². The Morgan fingerprint density at radius 3 is 2.20 bits per heavy atom. The van der Waals surface area contributed by atoms with Crippen LogP contribution in [0.2, 0.25) is 0 Å². The van der Waals surface area contributed by atoms with Crippen molar-refractivity contribution in [2.75, 3.05) is 17.2 Å². The highest BCUT2D eigenvalue weighted by Gasteiger charge is 2.28. The molecule has 2 fully saturated rings. The molecule has 1 saturated heterocycles. The third-order valence-electron chi connectivity index (χ3n) is 4.86. The van der Waals surface area contributed by atoms with E-state index < -0.39 is 0 Å². The van der Waals surface area contributed by atoms with Gasteiger partial charge in [-0.1, -0.05) is 19.3 Å². The van der Waals surface area contributed by atoms with Crippen molar-refractivity contribution in [3.8, 4) is 0 Å². The van der Waals surface area contributed by atoms with Gasteiger partial charge in [0, 0.05) is 43.2 Å². The molecular formula is C19H25N3O3. The van der Waals surface area contributed by atoms with Crippen LogP contribution in [0.15, 0.2) is 24.3 Å². The van der Waals surface area contributed by atoms with E-state index in [2.05, 4.69) is 10.6 Å². The van der Waals surface area contributed by atoms with E-state index in [1.807, 2.05) is 24.3 Å². The van der Waals surface area contributed by atoms with Crippen molar-refractivity contribution in [2.45, 2.75) is 57.4 Å². The third kappa shape index (κ3) is 4.81. The van der Waals surface area contributed by atoms with Gasteiger partial charge in [0.25, 0.3) is 0 Å². The van der Waals surface area contributed by atoms with Gasteiger partial charge in [-0.3, -0.25) is 19.3 Å². The molecular weight excluding hydrogens is 318 g/mol. The van der Waals surface area contributed by atoms with E-state index in [9.17, 15) is 14.4 Å². The van der Waals surface area contributed by atoms with Crippen LogP contribution in [0.3, 0.4) is 0 Å². The molecule has 1 heterocycles. The van der Waals surface area contributed by atoms with Crippen LogP contribution in [0.1, 0.15) is 51.4 Å². The average molecular weight is 343 g/mol. The Morgan fingerprint density at radius 2 is 1.56 bits per heavy atom. The molecule has 134 valence electrons. The highest BCUT2D eigenvalue weighted by molar-refractivity contribution is 6.02. The minimum atomic E-state index is -0.194. The molecule has 6 nitrogen and oxygen atoms in total. The van der Waals surface area contributed by atoms with Crippen LogP contribution in [0.4, 0.5) is 11.4 Å². The van der Waals surface area contributed by atoms with Crippen LogP contribution < -0.4 is 10.6 Å². The SMILES string of the molecule is O=C(CCN1C(=O)CCC1=O)Nc1ccc(NC2CCCCC2)cc1. The largest absolute Gasteiger partial charge is 0.382 e. The molecule has 6 heteroatoms. The Labute approximate surface area is 148 Å². The second kappa shape index (κ2) is 8.14. The molecule has 2 aliphatic rings. The second-order valence-electron chi connectivity index (χ2n) is 6.79. The molecule has 0 bridgehead atoms. The minimum absolute atomic E-state index is 0.125. The third-order valence-corrected chi connectivity index (χ3v) is 4.86. The summed E-state index contributed by atoms with van der Waals surface area (Å²) >= 11 is 0. The first-order chi connectivity index (χ1) is 12.1. The molecule has 1 aromatic rings. The summed E-state index contributed by atoms with van der Waals surface area (Å²) in [5.74, 6) is -0.563. The smallest absolute Gasteiger partial charge is 0.229 e. The Morgan fingerprint density at radius 1 is 0.960 bits per heavy atom. The monoisotopic (exact) mass is 343 g/mol. The summed E-state index contributed by atoms with van der Waals surface area (Å²) in [6.07, 6.45) is 6.98. The molecule has 25 heavy (non-hydrogen) atoms. The molecule has 3 rings (SSSR count). The van der Waals surface area contributed by atoms with Crippen LogP contribution in [-0.4, -0.2) is 35.2 Å². The number of amides is 3. The molecule has 1 aliphatic carbocycles. The lowest BCUT2D eigenvalue weighted by atomic mass is 9.95. The summed E-state index contributed by atoms with van der Waals surface area (Å²) in [4.78, 5) is 36.2. The average Bonchev–Trinajstić information content (AvgIpc) is 2.94. The van der Waals surface area contributed by atoms with Gasteiger partial charge in [0.2, 0.25) is 17.7 Å². The van der Waals surface area contributed by atoms with E-state index in [1.165, 1.54) is 37.0 Å². The first kappa shape index (κ1) is 17.5. The van der Waals surface area contributed by atoms with Gasteiger partial charge < -0.3 is 10.6 Å². The van der Waals surface area contributed by atoms with E-state index in [0.29, 0.717) is 6.04 Å². The fourth-order valence-corrected chi connectivity index (χ4v) is 3.44. The number of carbonyl (C=O) groups is 3. The van der Waals surface area contributed by atoms with Gasteiger partial charge in [0.1, 0.15) is 0 Å². The van der Waals surface area contributed by atoms with Crippen LogP contribution >= 0.6 is 0 Å². The van der Waals surface area contributed by atoms with Crippen molar-refractivity contribution in [1.82, 2.24) is 4.90 Å². The molecule has 0 aromatic heterocycles. The van der Waals surface area contributed by atoms with Gasteiger partial charge in [-0.2, -0.15) is 0 Å². The van der Waals surface area contributed by atoms with Crippen molar-refractivity contribution in [3.63, 3.8) is 0 Å². The predicted molar refractivity (Wildman–Crippen MR) is 96.1 cm³/mol. The lowest BCUT2D eigenvalue weighted by Crippen LogP contribution is -2.32. The molecule has 3 amide bonds. The normalized spacial score (nSPS) is 18.5. The van der Waals surface area contributed by atoms with Gasteiger partial charge in [0.15, 0.2) is 0 Å². The molecule has 1 saturated carbocycles. The van der Waals surface area contributed by atoms with Crippen LogP contribution in [0.5, 0.6) is 0 Å². The van der Waals surface area contributed by atoms with Crippen molar-refractivity contribution in [2.24, 2.45) is 0 Å². The predicted octanol–water partition coefficient (Wildman–Crippen LogP) is 2.91. The zero-order chi connectivity index (χ0) is 17.6. The maximum atomic E-state index is 12.0. The number of hydrogen-bond acceptors (Lipinski definition) is 4. The molecule has 0 atom stereocenters. The maximum absolute atomic E-state index is 12.0. The van der Waals surface area contributed by atoms with Crippen LogP contribution in [0.25, 0.3) is 0 Å². The van der Waals surface area contributed by atoms with Gasteiger partial charge in [0.05, 0.1) is 0 Å². The molecule has 0 radical (unpaired) electrons. The Kier molecular flexibility index (Phi) is 5.68. The molecule has 2 N–H and O–H groups in total. The number of hydrogen-bond donors (Lipinski definition) is 2. The quantitative estimate of drug-likeness (QED) is 0.779. The molecule has 0 unspecified atom stereocenters. The number of nitrogens with zero attached hydrogens (tertiary/aromatic N) is 1. The number of nitrogens with one attached hydrogen (secondary N) is 2. The summed E-state index contributed by atoms with van der Waals surface area (Å²) in [5.41, 5.74) is 1.79. The van der Waals surface area contributed by atoms with Gasteiger partial charge in [-0.15, -0.1) is 0 Å². The van der Waals surface area contributed by atoms with Crippen LogP contribution in [0, 0.1) is 0 Å². The fraction of sp³-hybridized carbons (Fsp3) is 0.526. The summed E-state index contributed by atoms with van der Waals surface area (Å²) in [5, 5.41) is 6.35. The molecule has 0 spiro atoms. The summed E-state index contributed by atoms with van der Waals surface area (Å²) < 4.78 is 0. The van der Waals surface area contributed by atoms with Crippen LogP contribution in [-0.2, 0) is 14.4 Å². The first-order valence-electron chi connectivity index (χ1n) is 9.11. The number of carbonyl (C=O) groups excluding carboxylic acids is 3. The Bertz CT molecular complexity index is 620. The van der Waals surface area contributed by atoms with E-state index in [-0.39, 0.29) is 43.5 Å². The molecule has 1 aliphatic heterocycles. The minimum Gasteiger partial charge on any atom is -0.382 e. The number of benzene rings is 1. The summed E-state index contributed by atoms with van der Waals surface area (Å²) in [6.45, 7) is 0.158. The van der Waals surface area contributed by atoms with E-state index in [0.717, 1.165) is 11.4 Å². The number of anilines is 2. The Balaban J connectivity index is 1.45. The zero-order valence-corrected chi connectivity index (χ0v) is 14.4. The summed E-state index contributed by atoms with van der Waals surface area (Å²) in [6, 6.07) is 8.23. The lowest BCUT2D eigenvalue weighted by Gasteiger charge is -2.23. The first-order valence-corrected chi connectivity index (χ1v) is 9.11. The van der Waals surface area contributed by atoms with E-state index in [1.54, 1.807) is 0 Å². The number of imide groups is 1. The Hall–Kier alpha value is -2.37. The van der Waals surface area contributed by atoms with Gasteiger partial charge >= 0.3 is 0 Å². The van der Waals surface area contributed by atoms with E-state index in [4.69, 9.17) is 0 Å². The van der Waals surface area contributed by atoms with Crippen molar-refractivity contribution >= 4 is 29.1 Å². The highest BCUT2D eigenvalue weighted by atomic mass is 16.2. The maximum Gasteiger partial charge on any atom is 0.229 e. The van der Waals surface area contributed by atoms with Gasteiger partial charge in [-0.25, -0.2) is 0 Å². The molecule has 1 aromatic carbocycles. The number of rotatable bonds is 6. The van der Waals surface area contributed by atoms with E-state index >= 15 is 0 Å². The van der Waals surface area contributed by atoms with Crippen molar-refractivity contribution < 1.29 is 14.4 Å². The number of likely N-dealkylation sites (tertiary alicyclic amines) is 1.